The minimum atomic E-state index is -0.730. The molecule has 4 atom stereocenters. The minimum absolute atomic E-state index is 0.180. The summed E-state index contributed by atoms with van der Waals surface area (Å²) in [5.41, 5.74) is 0. The van der Waals surface area contributed by atoms with E-state index in [-0.39, 0.29) is 12.2 Å². The third-order valence-corrected chi connectivity index (χ3v) is 2.91. The van der Waals surface area contributed by atoms with Crippen LogP contribution in [0.4, 0.5) is 0 Å². The molecule has 2 rings (SSSR count). The molecule has 2 aliphatic rings. The van der Waals surface area contributed by atoms with E-state index in [1.807, 2.05) is 0 Å². The van der Waals surface area contributed by atoms with E-state index in [2.05, 4.69) is 0 Å². The first-order valence-corrected chi connectivity index (χ1v) is 6.56. The first-order chi connectivity index (χ1) is 8.74. The predicted octanol–water partition coefficient (Wildman–Crippen LogP) is 0.0144. The third-order valence-electron chi connectivity index (χ3n) is 2.91. The highest BCUT2D eigenvalue weighted by molar-refractivity contribution is 4.68. The molecular weight excluding hydrogens is 240 g/mol. The van der Waals surface area contributed by atoms with Gasteiger partial charge in [0, 0.05) is 0 Å². The molecule has 2 fully saturated rings. The van der Waals surface area contributed by atoms with Gasteiger partial charge in [0.1, 0.15) is 12.2 Å². The Kier molecular flexibility index (Phi) is 5.81. The fourth-order valence-electron chi connectivity index (χ4n) is 1.57. The van der Waals surface area contributed by atoms with E-state index in [1.54, 1.807) is 0 Å². The van der Waals surface area contributed by atoms with Crippen LogP contribution in [0.3, 0.4) is 0 Å². The van der Waals surface area contributed by atoms with Gasteiger partial charge in [-0.1, -0.05) is 0 Å². The van der Waals surface area contributed by atoms with Crippen molar-refractivity contribution in [1.29, 1.82) is 0 Å². The molecule has 6 nitrogen and oxygen atoms in total. The lowest BCUT2D eigenvalue weighted by atomic mass is 10.2. The summed E-state index contributed by atoms with van der Waals surface area (Å²) in [6, 6.07) is 0. The smallest absolute Gasteiger partial charge is 0.154 e. The highest BCUT2D eigenvalue weighted by Crippen LogP contribution is 2.14. The van der Waals surface area contributed by atoms with Crippen LogP contribution < -0.4 is 0 Å². The van der Waals surface area contributed by atoms with Crippen molar-refractivity contribution < 1.29 is 29.2 Å². The van der Waals surface area contributed by atoms with Crippen molar-refractivity contribution in [3.05, 3.63) is 0 Å². The van der Waals surface area contributed by atoms with Gasteiger partial charge in [-0.3, -0.25) is 0 Å². The topological polar surface area (TPSA) is 84.0 Å². The summed E-state index contributed by atoms with van der Waals surface area (Å²) in [6.07, 6.45) is 1.65. The van der Waals surface area contributed by atoms with Gasteiger partial charge < -0.3 is 29.2 Å². The Morgan fingerprint density at radius 3 is 1.61 bits per heavy atom. The second kappa shape index (κ2) is 7.37. The summed E-state index contributed by atoms with van der Waals surface area (Å²) in [5, 5.41) is 19.0. The minimum Gasteiger partial charge on any atom is -0.371 e. The van der Waals surface area contributed by atoms with Crippen LogP contribution in [-0.2, 0) is 18.9 Å². The van der Waals surface area contributed by atoms with Crippen LogP contribution in [0.15, 0.2) is 0 Å². The summed E-state index contributed by atoms with van der Waals surface area (Å²) in [7, 11) is 0. The first kappa shape index (κ1) is 14.2. The van der Waals surface area contributed by atoms with Crippen molar-refractivity contribution >= 4 is 0 Å². The maximum absolute atomic E-state index is 9.49. The fourth-order valence-corrected chi connectivity index (χ4v) is 1.57. The SMILES string of the molecule is OC(CCCCC(O)OCC1CO1)OCC1CO1. The zero-order valence-electron chi connectivity index (χ0n) is 10.5. The molecule has 18 heavy (non-hydrogen) atoms. The lowest BCUT2D eigenvalue weighted by Crippen LogP contribution is -2.17. The van der Waals surface area contributed by atoms with Crippen molar-refractivity contribution in [3.8, 4) is 0 Å². The van der Waals surface area contributed by atoms with Crippen LogP contribution >= 0.6 is 0 Å². The average molecular weight is 262 g/mol. The normalized spacial score (nSPS) is 29.0. The van der Waals surface area contributed by atoms with Crippen molar-refractivity contribution in [2.45, 2.75) is 50.5 Å². The molecule has 0 aromatic rings. The molecule has 106 valence electrons. The van der Waals surface area contributed by atoms with Crippen LogP contribution in [0.1, 0.15) is 25.7 Å². The van der Waals surface area contributed by atoms with E-state index in [1.165, 1.54) is 0 Å². The summed E-state index contributed by atoms with van der Waals surface area (Å²) in [5.74, 6) is 0. The standard InChI is InChI=1S/C12H22O6/c13-11(17-7-9-5-15-9)3-1-2-4-12(14)18-8-10-6-16-10/h9-14H,1-8H2. The number of aliphatic hydroxyl groups excluding tert-OH is 2. The maximum atomic E-state index is 9.49. The molecule has 0 bridgehead atoms. The molecule has 4 unspecified atom stereocenters. The molecule has 2 aliphatic heterocycles. The summed E-state index contributed by atoms with van der Waals surface area (Å²) >= 11 is 0. The third kappa shape index (κ3) is 6.63. The number of epoxide rings is 2. The summed E-state index contributed by atoms with van der Waals surface area (Å²) < 4.78 is 20.3. The Morgan fingerprint density at radius 2 is 1.28 bits per heavy atom. The number of aliphatic hydroxyl groups is 2. The molecule has 0 spiro atoms. The van der Waals surface area contributed by atoms with Gasteiger partial charge in [0.25, 0.3) is 0 Å². The molecular formula is C12H22O6. The second-order valence-corrected chi connectivity index (χ2v) is 4.77. The number of hydrogen-bond acceptors (Lipinski definition) is 6. The lowest BCUT2D eigenvalue weighted by molar-refractivity contribution is -0.115. The van der Waals surface area contributed by atoms with E-state index in [9.17, 15) is 10.2 Å². The summed E-state index contributed by atoms with van der Waals surface area (Å²) in [6.45, 7) is 2.41. The predicted molar refractivity (Wildman–Crippen MR) is 61.9 cm³/mol. The van der Waals surface area contributed by atoms with Gasteiger partial charge in [-0.15, -0.1) is 0 Å². The molecule has 0 radical (unpaired) electrons. The Balaban J connectivity index is 1.36. The molecule has 0 aromatic heterocycles. The maximum Gasteiger partial charge on any atom is 0.154 e. The van der Waals surface area contributed by atoms with Gasteiger partial charge in [0.2, 0.25) is 0 Å². The number of hydrogen-bond donors (Lipinski definition) is 2. The van der Waals surface area contributed by atoms with E-state index < -0.39 is 12.6 Å². The highest BCUT2D eigenvalue weighted by Gasteiger charge is 2.24. The Hall–Kier alpha value is -0.240. The number of ether oxygens (including phenoxy) is 4. The fraction of sp³-hybridized carbons (Fsp3) is 1.00. The van der Waals surface area contributed by atoms with Gasteiger partial charge in [-0.05, 0) is 25.7 Å². The van der Waals surface area contributed by atoms with E-state index in [0.29, 0.717) is 26.1 Å². The lowest BCUT2D eigenvalue weighted by Gasteiger charge is -2.13. The van der Waals surface area contributed by atoms with Crippen LogP contribution in [0.25, 0.3) is 0 Å². The van der Waals surface area contributed by atoms with Crippen molar-refractivity contribution in [2.24, 2.45) is 0 Å². The number of rotatable bonds is 11. The molecule has 0 aromatic carbocycles. The van der Waals surface area contributed by atoms with E-state index in [0.717, 1.165) is 26.1 Å². The zero-order valence-corrected chi connectivity index (χ0v) is 10.5. The van der Waals surface area contributed by atoms with Crippen molar-refractivity contribution in [3.63, 3.8) is 0 Å². The second-order valence-electron chi connectivity index (χ2n) is 4.77. The quantitative estimate of drug-likeness (QED) is 0.310. The molecule has 0 saturated carbocycles. The molecule has 0 aliphatic carbocycles. The van der Waals surface area contributed by atoms with Gasteiger partial charge in [0.15, 0.2) is 12.6 Å². The summed E-state index contributed by atoms with van der Waals surface area (Å²) in [4.78, 5) is 0. The average Bonchev–Trinajstić information content (AvgIpc) is 3.23. The largest absolute Gasteiger partial charge is 0.371 e. The van der Waals surface area contributed by atoms with Gasteiger partial charge in [-0.2, -0.15) is 0 Å². The van der Waals surface area contributed by atoms with Gasteiger partial charge in [-0.25, -0.2) is 0 Å². The van der Waals surface area contributed by atoms with Crippen LogP contribution in [0, 0.1) is 0 Å². The Labute approximate surface area is 107 Å². The number of unbranched alkanes of at least 4 members (excludes halogenated alkanes) is 1. The molecule has 2 saturated heterocycles. The molecule has 6 heteroatoms. The Morgan fingerprint density at radius 1 is 0.889 bits per heavy atom. The highest BCUT2D eigenvalue weighted by atomic mass is 16.6. The molecule has 0 amide bonds. The van der Waals surface area contributed by atoms with Gasteiger partial charge in [0.05, 0.1) is 26.4 Å². The van der Waals surface area contributed by atoms with Crippen LogP contribution in [0.2, 0.25) is 0 Å². The monoisotopic (exact) mass is 262 g/mol. The van der Waals surface area contributed by atoms with Crippen LogP contribution in [0.5, 0.6) is 0 Å². The Bertz CT molecular complexity index is 205. The molecule has 2 N–H and O–H groups in total. The van der Waals surface area contributed by atoms with Crippen molar-refractivity contribution in [2.75, 3.05) is 26.4 Å². The molecule has 2 heterocycles. The van der Waals surface area contributed by atoms with Gasteiger partial charge >= 0.3 is 0 Å². The zero-order chi connectivity index (χ0) is 12.8. The van der Waals surface area contributed by atoms with E-state index in [4.69, 9.17) is 18.9 Å². The van der Waals surface area contributed by atoms with E-state index >= 15 is 0 Å². The van der Waals surface area contributed by atoms with Crippen molar-refractivity contribution in [1.82, 2.24) is 0 Å². The first-order valence-electron chi connectivity index (χ1n) is 6.56. The van der Waals surface area contributed by atoms with Crippen LogP contribution in [-0.4, -0.2) is 61.4 Å².